The number of methoxy groups -OCH3 is 1. The summed E-state index contributed by atoms with van der Waals surface area (Å²) in [4.78, 5) is 31.6. The van der Waals surface area contributed by atoms with Gasteiger partial charge >= 0.3 is 0 Å². The SMILES string of the molecule is COc1ccc(C(=O)N2CCCC(C(=O)NCC(c3cccs3)N(C)C)C2)c2ccccc12. The van der Waals surface area contributed by atoms with Crippen molar-refractivity contribution >= 4 is 33.9 Å². The van der Waals surface area contributed by atoms with Crippen LogP contribution in [0.3, 0.4) is 0 Å². The Morgan fingerprint density at radius 1 is 1.15 bits per heavy atom. The quantitative estimate of drug-likeness (QED) is 0.569. The van der Waals surface area contributed by atoms with E-state index < -0.39 is 0 Å². The summed E-state index contributed by atoms with van der Waals surface area (Å²) in [6.07, 6.45) is 1.62. The Balaban J connectivity index is 1.45. The van der Waals surface area contributed by atoms with Gasteiger partial charge < -0.3 is 19.9 Å². The Labute approximate surface area is 199 Å². The molecule has 1 aromatic heterocycles. The molecule has 3 aromatic rings. The van der Waals surface area contributed by atoms with E-state index in [-0.39, 0.29) is 23.8 Å². The van der Waals surface area contributed by atoms with Crippen LogP contribution < -0.4 is 10.1 Å². The number of nitrogens with zero attached hydrogens (tertiary/aromatic N) is 2. The second-order valence-corrected chi connectivity index (χ2v) is 9.67. The van der Waals surface area contributed by atoms with E-state index in [1.807, 2.05) is 61.5 Å². The Morgan fingerprint density at radius 3 is 2.64 bits per heavy atom. The summed E-state index contributed by atoms with van der Waals surface area (Å²) in [5.41, 5.74) is 0.651. The molecule has 1 fully saturated rings. The molecule has 2 amide bonds. The van der Waals surface area contributed by atoms with Gasteiger partial charge in [-0.25, -0.2) is 0 Å². The number of piperidine rings is 1. The largest absolute Gasteiger partial charge is 0.496 e. The molecule has 2 atom stereocenters. The molecule has 4 rings (SSSR count). The lowest BCUT2D eigenvalue weighted by molar-refractivity contribution is -0.126. The number of fused-ring (bicyclic) bond motifs is 1. The molecule has 0 radical (unpaired) electrons. The van der Waals surface area contributed by atoms with Crippen LogP contribution in [-0.4, -0.2) is 62.5 Å². The molecule has 33 heavy (non-hydrogen) atoms. The fourth-order valence-corrected chi connectivity index (χ4v) is 5.46. The van der Waals surface area contributed by atoms with E-state index in [9.17, 15) is 9.59 Å². The van der Waals surface area contributed by atoms with Gasteiger partial charge in [0.15, 0.2) is 0 Å². The first-order chi connectivity index (χ1) is 16.0. The smallest absolute Gasteiger partial charge is 0.254 e. The van der Waals surface area contributed by atoms with Gasteiger partial charge in [-0.2, -0.15) is 0 Å². The normalized spacial score (nSPS) is 17.2. The summed E-state index contributed by atoms with van der Waals surface area (Å²) in [6.45, 7) is 1.66. The van der Waals surface area contributed by atoms with Crippen molar-refractivity contribution < 1.29 is 14.3 Å². The van der Waals surface area contributed by atoms with Gasteiger partial charge in [0.05, 0.1) is 19.1 Å². The first-order valence-electron chi connectivity index (χ1n) is 11.3. The van der Waals surface area contributed by atoms with Crippen LogP contribution in [0.4, 0.5) is 0 Å². The average Bonchev–Trinajstić information content (AvgIpc) is 3.37. The summed E-state index contributed by atoms with van der Waals surface area (Å²) in [5, 5.41) is 6.98. The van der Waals surface area contributed by atoms with Crippen LogP contribution in [0.2, 0.25) is 0 Å². The Hall–Kier alpha value is -2.90. The summed E-state index contributed by atoms with van der Waals surface area (Å²) < 4.78 is 5.47. The molecule has 2 unspecified atom stereocenters. The number of ether oxygens (including phenoxy) is 1. The van der Waals surface area contributed by atoms with Crippen LogP contribution >= 0.6 is 11.3 Å². The van der Waals surface area contributed by atoms with Gasteiger partial charge in [0.25, 0.3) is 5.91 Å². The van der Waals surface area contributed by atoms with Gasteiger partial charge in [-0.05, 0) is 55.9 Å². The minimum Gasteiger partial charge on any atom is -0.496 e. The Kier molecular flexibility index (Phi) is 7.30. The van der Waals surface area contributed by atoms with E-state index in [0.717, 1.165) is 29.4 Å². The number of benzene rings is 2. The van der Waals surface area contributed by atoms with Crippen molar-refractivity contribution in [3.63, 3.8) is 0 Å². The van der Waals surface area contributed by atoms with Crippen LogP contribution in [0.5, 0.6) is 5.75 Å². The number of likely N-dealkylation sites (tertiary alicyclic amines) is 1. The van der Waals surface area contributed by atoms with Crippen LogP contribution in [0.25, 0.3) is 10.8 Å². The third-order valence-electron chi connectivity index (χ3n) is 6.38. The van der Waals surface area contributed by atoms with E-state index >= 15 is 0 Å². The van der Waals surface area contributed by atoms with Crippen LogP contribution in [0.1, 0.15) is 34.1 Å². The molecule has 2 heterocycles. The predicted octanol–water partition coefficient (Wildman–Crippen LogP) is 4.18. The number of thiophene rings is 1. The predicted molar refractivity (Wildman–Crippen MR) is 133 cm³/mol. The van der Waals surface area contributed by atoms with Crippen molar-refractivity contribution in [2.75, 3.05) is 40.8 Å². The highest BCUT2D eigenvalue weighted by molar-refractivity contribution is 7.10. The zero-order valence-electron chi connectivity index (χ0n) is 19.4. The second kappa shape index (κ2) is 10.4. The molecule has 0 spiro atoms. The van der Waals surface area contributed by atoms with Crippen molar-refractivity contribution in [3.8, 4) is 5.75 Å². The summed E-state index contributed by atoms with van der Waals surface area (Å²) in [5.74, 6) is 0.546. The number of nitrogens with one attached hydrogen (secondary N) is 1. The van der Waals surface area contributed by atoms with Crippen LogP contribution in [0.15, 0.2) is 53.9 Å². The second-order valence-electron chi connectivity index (χ2n) is 8.69. The lowest BCUT2D eigenvalue weighted by Gasteiger charge is -2.33. The van der Waals surface area contributed by atoms with Crippen molar-refractivity contribution in [1.82, 2.24) is 15.1 Å². The molecule has 1 aliphatic heterocycles. The monoisotopic (exact) mass is 465 g/mol. The van der Waals surface area contributed by atoms with Crippen molar-refractivity contribution in [2.45, 2.75) is 18.9 Å². The van der Waals surface area contributed by atoms with Gasteiger partial charge in [-0.15, -0.1) is 11.3 Å². The van der Waals surface area contributed by atoms with E-state index in [0.29, 0.717) is 25.2 Å². The number of rotatable bonds is 7. The van der Waals surface area contributed by atoms with E-state index in [2.05, 4.69) is 21.7 Å². The highest BCUT2D eigenvalue weighted by Crippen LogP contribution is 2.30. The molecule has 6 nitrogen and oxygen atoms in total. The first kappa shape index (κ1) is 23.3. The minimum atomic E-state index is -0.196. The minimum absolute atomic E-state index is 0.0236. The van der Waals surface area contributed by atoms with Gasteiger partial charge in [-0.3, -0.25) is 9.59 Å². The lowest BCUT2D eigenvalue weighted by Crippen LogP contribution is -2.46. The molecule has 2 aromatic carbocycles. The first-order valence-corrected chi connectivity index (χ1v) is 12.2. The number of carbonyl (C=O) groups is 2. The molecule has 1 N–H and O–H groups in total. The van der Waals surface area contributed by atoms with Crippen molar-refractivity contribution in [2.24, 2.45) is 5.92 Å². The standard InChI is InChI=1S/C26H31N3O3S/c1-28(2)22(24-11-7-15-33-24)16-27-25(30)18-8-6-14-29(17-18)26(31)21-12-13-23(32-3)20-10-5-4-9-19(20)21/h4-5,7,9-13,15,18,22H,6,8,14,16-17H2,1-3H3,(H,27,30). The molecule has 0 saturated carbocycles. The molecular formula is C26H31N3O3S. The molecule has 7 heteroatoms. The fourth-order valence-electron chi connectivity index (χ4n) is 4.54. The number of hydrogen-bond acceptors (Lipinski definition) is 5. The average molecular weight is 466 g/mol. The van der Waals surface area contributed by atoms with E-state index in [4.69, 9.17) is 4.74 Å². The number of likely N-dealkylation sites (N-methyl/N-ethyl adjacent to an activating group) is 1. The third kappa shape index (κ3) is 5.04. The Morgan fingerprint density at radius 2 is 1.94 bits per heavy atom. The zero-order chi connectivity index (χ0) is 23.4. The maximum absolute atomic E-state index is 13.4. The van der Waals surface area contributed by atoms with E-state index in [1.165, 1.54) is 4.88 Å². The number of hydrogen-bond donors (Lipinski definition) is 1. The van der Waals surface area contributed by atoms with Gasteiger partial charge in [0.1, 0.15) is 5.75 Å². The summed E-state index contributed by atoms with van der Waals surface area (Å²) in [6, 6.07) is 15.7. The molecule has 0 aliphatic carbocycles. The van der Waals surface area contributed by atoms with Crippen LogP contribution in [-0.2, 0) is 4.79 Å². The Bertz CT molecular complexity index is 1110. The van der Waals surface area contributed by atoms with Gasteiger partial charge in [-0.1, -0.05) is 30.3 Å². The summed E-state index contributed by atoms with van der Waals surface area (Å²) >= 11 is 1.70. The topological polar surface area (TPSA) is 61.9 Å². The van der Waals surface area contributed by atoms with Crippen molar-refractivity contribution in [1.29, 1.82) is 0 Å². The summed E-state index contributed by atoms with van der Waals surface area (Å²) in [7, 11) is 5.68. The van der Waals surface area contributed by atoms with E-state index in [1.54, 1.807) is 18.4 Å². The fraction of sp³-hybridized carbons (Fsp3) is 0.385. The lowest BCUT2D eigenvalue weighted by atomic mass is 9.95. The molecular weight excluding hydrogens is 434 g/mol. The highest BCUT2D eigenvalue weighted by atomic mass is 32.1. The molecule has 1 aliphatic rings. The number of amides is 2. The van der Waals surface area contributed by atoms with Gasteiger partial charge in [0.2, 0.25) is 5.91 Å². The highest BCUT2D eigenvalue weighted by Gasteiger charge is 2.30. The third-order valence-corrected chi connectivity index (χ3v) is 7.35. The maximum atomic E-state index is 13.4. The number of carbonyl (C=O) groups excluding carboxylic acids is 2. The van der Waals surface area contributed by atoms with Gasteiger partial charge in [0, 0.05) is 35.5 Å². The molecule has 0 bridgehead atoms. The van der Waals surface area contributed by atoms with Crippen LogP contribution in [0, 0.1) is 5.92 Å². The zero-order valence-corrected chi connectivity index (χ0v) is 20.2. The maximum Gasteiger partial charge on any atom is 0.254 e. The molecule has 1 saturated heterocycles. The molecule has 174 valence electrons. The van der Waals surface area contributed by atoms with Crippen molar-refractivity contribution in [3.05, 3.63) is 64.4 Å².